The van der Waals surface area contributed by atoms with Gasteiger partial charge in [0.15, 0.2) is 5.69 Å². The maximum absolute atomic E-state index is 11.1. The van der Waals surface area contributed by atoms with E-state index in [0.717, 1.165) is 12.8 Å². The molecule has 21 heavy (non-hydrogen) atoms. The molecular weight excluding hydrogens is 272 g/mol. The van der Waals surface area contributed by atoms with Crippen molar-refractivity contribution in [3.8, 4) is 17.5 Å². The Kier molecular flexibility index (Phi) is 4.18. The molecule has 0 aliphatic carbocycles. The first kappa shape index (κ1) is 14.5. The van der Waals surface area contributed by atoms with Gasteiger partial charge in [-0.2, -0.15) is 5.26 Å². The molecule has 1 aromatic heterocycles. The molecular formula is C14H14N4O3. The third-order valence-corrected chi connectivity index (χ3v) is 3.09. The Morgan fingerprint density at radius 1 is 1.48 bits per heavy atom. The van der Waals surface area contributed by atoms with Crippen LogP contribution in [0.4, 0.5) is 0 Å². The van der Waals surface area contributed by atoms with Gasteiger partial charge in [0.1, 0.15) is 17.4 Å². The number of aromatic nitrogens is 3. The first-order chi connectivity index (χ1) is 10.1. The van der Waals surface area contributed by atoms with Gasteiger partial charge in [-0.1, -0.05) is 18.6 Å². The Morgan fingerprint density at radius 2 is 2.24 bits per heavy atom. The van der Waals surface area contributed by atoms with E-state index in [1.165, 1.54) is 22.9 Å². The highest BCUT2D eigenvalue weighted by atomic mass is 16.4. The van der Waals surface area contributed by atoms with Gasteiger partial charge >= 0.3 is 5.97 Å². The number of carboxylic acids is 1. The maximum Gasteiger partial charge on any atom is 0.339 e. The van der Waals surface area contributed by atoms with Crippen molar-refractivity contribution in [3.63, 3.8) is 0 Å². The first-order valence-electron chi connectivity index (χ1n) is 6.49. The molecule has 0 unspecified atom stereocenters. The number of unbranched alkanes of at least 4 members (excludes halogenated alkanes) is 1. The zero-order valence-electron chi connectivity index (χ0n) is 11.4. The lowest BCUT2D eigenvalue weighted by Gasteiger charge is -2.08. The fourth-order valence-electron chi connectivity index (χ4n) is 1.99. The molecule has 7 nitrogen and oxygen atoms in total. The third kappa shape index (κ3) is 2.84. The molecule has 1 heterocycles. The Morgan fingerprint density at radius 3 is 2.86 bits per heavy atom. The minimum atomic E-state index is -1.23. The minimum Gasteiger partial charge on any atom is -0.507 e. The summed E-state index contributed by atoms with van der Waals surface area (Å²) in [4.78, 5) is 11.1. The molecule has 0 spiro atoms. The summed E-state index contributed by atoms with van der Waals surface area (Å²) in [6.45, 7) is 2.03. The highest BCUT2D eigenvalue weighted by molar-refractivity contribution is 5.91. The topological polar surface area (TPSA) is 112 Å². The van der Waals surface area contributed by atoms with Gasteiger partial charge < -0.3 is 10.2 Å². The first-order valence-corrected chi connectivity index (χ1v) is 6.49. The van der Waals surface area contributed by atoms with Gasteiger partial charge in [0.25, 0.3) is 0 Å². The number of carboxylic acid groups (broad SMARTS) is 1. The van der Waals surface area contributed by atoms with E-state index in [0.29, 0.717) is 17.8 Å². The van der Waals surface area contributed by atoms with Crippen LogP contribution in [0.5, 0.6) is 5.75 Å². The standard InChI is InChI=1S/C14H14N4O3/c1-2-3-4-12-11(8-15)16-17-18(12)9-5-6-13(19)10(7-9)14(20)21/h5-7,19H,2-4H2,1H3,(H,20,21). The molecule has 0 aliphatic heterocycles. The van der Waals surface area contributed by atoms with Crippen LogP contribution in [0, 0.1) is 11.3 Å². The van der Waals surface area contributed by atoms with Crippen molar-refractivity contribution >= 4 is 5.97 Å². The van der Waals surface area contributed by atoms with E-state index in [1.807, 2.05) is 13.0 Å². The molecule has 2 aromatic rings. The second-order valence-electron chi connectivity index (χ2n) is 4.52. The van der Waals surface area contributed by atoms with Gasteiger partial charge in [0.2, 0.25) is 0 Å². The van der Waals surface area contributed by atoms with Gasteiger partial charge in [-0.3, -0.25) is 0 Å². The second kappa shape index (κ2) is 6.05. The average Bonchev–Trinajstić information content (AvgIpc) is 2.88. The normalized spacial score (nSPS) is 10.3. The van der Waals surface area contributed by atoms with Gasteiger partial charge in [-0.15, -0.1) is 5.10 Å². The molecule has 0 saturated carbocycles. The number of nitriles is 1. The van der Waals surface area contributed by atoms with Crippen LogP contribution >= 0.6 is 0 Å². The van der Waals surface area contributed by atoms with Crippen LogP contribution in [0.1, 0.15) is 41.5 Å². The van der Waals surface area contributed by atoms with Crippen LogP contribution in [0.25, 0.3) is 5.69 Å². The summed E-state index contributed by atoms with van der Waals surface area (Å²) in [7, 11) is 0. The molecule has 2 rings (SSSR count). The van der Waals surface area contributed by atoms with E-state index in [-0.39, 0.29) is 17.0 Å². The summed E-state index contributed by atoms with van der Waals surface area (Å²) in [5.41, 5.74) is 1.10. The number of nitrogens with zero attached hydrogens (tertiary/aromatic N) is 4. The van der Waals surface area contributed by atoms with Crippen molar-refractivity contribution in [1.29, 1.82) is 5.26 Å². The fraction of sp³-hybridized carbons (Fsp3) is 0.286. The van der Waals surface area contributed by atoms with Crippen LogP contribution < -0.4 is 0 Å². The third-order valence-electron chi connectivity index (χ3n) is 3.09. The maximum atomic E-state index is 11.1. The molecule has 0 atom stereocenters. The Bertz CT molecular complexity index is 715. The van der Waals surface area contributed by atoms with Crippen LogP contribution in [-0.2, 0) is 6.42 Å². The number of hydrogen-bond acceptors (Lipinski definition) is 5. The average molecular weight is 286 g/mol. The summed E-state index contributed by atoms with van der Waals surface area (Å²) in [6.07, 6.45) is 2.44. The van der Waals surface area contributed by atoms with Gasteiger partial charge in [-0.25, -0.2) is 9.48 Å². The Balaban J connectivity index is 2.52. The predicted molar refractivity (Wildman–Crippen MR) is 73.3 cm³/mol. The molecule has 0 amide bonds. The van der Waals surface area contributed by atoms with Gasteiger partial charge in [0, 0.05) is 0 Å². The van der Waals surface area contributed by atoms with E-state index in [9.17, 15) is 9.90 Å². The summed E-state index contributed by atoms with van der Waals surface area (Å²) in [6, 6.07) is 6.11. The zero-order valence-corrected chi connectivity index (χ0v) is 11.4. The van der Waals surface area contributed by atoms with Crippen molar-refractivity contribution in [3.05, 3.63) is 35.2 Å². The van der Waals surface area contributed by atoms with Gasteiger partial charge in [0.05, 0.1) is 11.4 Å². The molecule has 7 heteroatoms. The number of aromatic carboxylic acids is 1. The van der Waals surface area contributed by atoms with Crippen molar-refractivity contribution in [2.24, 2.45) is 0 Å². The quantitative estimate of drug-likeness (QED) is 0.867. The predicted octanol–water partition coefficient (Wildman–Crippen LogP) is 1.89. The van der Waals surface area contributed by atoms with Crippen molar-refractivity contribution < 1.29 is 15.0 Å². The molecule has 0 saturated heterocycles. The Labute approximate surface area is 121 Å². The summed E-state index contributed by atoms with van der Waals surface area (Å²) < 4.78 is 1.44. The molecule has 2 N–H and O–H groups in total. The van der Waals surface area contributed by atoms with E-state index < -0.39 is 5.97 Å². The molecule has 1 aromatic carbocycles. The van der Waals surface area contributed by atoms with Gasteiger partial charge in [-0.05, 0) is 31.0 Å². The highest BCUT2D eigenvalue weighted by Gasteiger charge is 2.16. The smallest absolute Gasteiger partial charge is 0.339 e. The molecule has 0 aliphatic rings. The molecule has 108 valence electrons. The zero-order chi connectivity index (χ0) is 15.4. The fourth-order valence-corrected chi connectivity index (χ4v) is 1.99. The number of rotatable bonds is 5. The molecule has 0 radical (unpaired) electrons. The van der Waals surface area contributed by atoms with Crippen LogP contribution in [0.3, 0.4) is 0 Å². The summed E-state index contributed by atoms with van der Waals surface area (Å²) in [5, 5.41) is 35.4. The lowest BCUT2D eigenvalue weighted by atomic mass is 10.1. The highest BCUT2D eigenvalue weighted by Crippen LogP contribution is 2.22. The van der Waals surface area contributed by atoms with E-state index in [2.05, 4.69) is 10.3 Å². The van der Waals surface area contributed by atoms with Crippen molar-refractivity contribution in [1.82, 2.24) is 15.0 Å². The lowest BCUT2D eigenvalue weighted by molar-refractivity contribution is 0.0693. The number of benzene rings is 1. The number of hydrogen-bond donors (Lipinski definition) is 2. The lowest BCUT2D eigenvalue weighted by Crippen LogP contribution is -2.06. The van der Waals surface area contributed by atoms with Crippen LogP contribution in [0.2, 0.25) is 0 Å². The van der Waals surface area contributed by atoms with E-state index in [4.69, 9.17) is 10.4 Å². The second-order valence-corrected chi connectivity index (χ2v) is 4.52. The number of phenols is 1. The number of carbonyl (C=O) groups is 1. The Hall–Kier alpha value is -2.88. The van der Waals surface area contributed by atoms with Crippen molar-refractivity contribution in [2.75, 3.05) is 0 Å². The van der Waals surface area contributed by atoms with E-state index in [1.54, 1.807) is 0 Å². The monoisotopic (exact) mass is 286 g/mol. The number of aromatic hydroxyl groups is 1. The summed E-state index contributed by atoms with van der Waals surface area (Å²) >= 11 is 0. The van der Waals surface area contributed by atoms with Crippen LogP contribution in [0.15, 0.2) is 18.2 Å². The van der Waals surface area contributed by atoms with Crippen LogP contribution in [-0.4, -0.2) is 31.2 Å². The van der Waals surface area contributed by atoms with E-state index >= 15 is 0 Å². The largest absolute Gasteiger partial charge is 0.507 e. The summed E-state index contributed by atoms with van der Waals surface area (Å²) in [5.74, 6) is -1.55. The minimum absolute atomic E-state index is 0.219. The van der Waals surface area contributed by atoms with Crippen molar-refractivity contribution in [2.45, 2.75) is 26.2 Å². The SMILES string of the molecule is CCCCc1c(C#N)nnn1-c1ccc(O)c(C(=O)O)c1. The molecule has 0 fully saturated rings. The molecule has 0 bridgehead atoms.